The number of halogens is 2. The van der Waals surface area contributed by atoms with E-state index in [4.69, 9.17) is 32.7 Å². The normalized spacial score (nSPS) is 21.5. The molecule has 0 unspecified atom stereocenters. The van der Waals surface area contributed by atoms with E-state index in [1.54, 1.807) is 56.3 Å². The fourth-order valence-electron chi connectivity index (χ4n) is 9.32. The van der Waals surface area contributed by atoms with E-state index in [-0.39, 0.29) is 50.8 Å². The SMILES string of the molecule is COC[C@@H]1NC(=O)[C@H](C)N(Cc2ccc(Cl)cc2Oc2ccc(-c3cncc(C4CCNCC4)c3)cc2)C(=O)C[C@@H](Cc2ccccc2)C(=O)N(C)[C@@H](C)CNC(=O)C[C@H](Cc2ccc(Cl)cc2)N(C)C1=O. The van der Waals surface area contributed by atoms with Gasteiger partial charge in [0, 0.05) is 86.2 Å². The van der Waals surface area contributed by atoms with Gasteiger partial charge in [-0.15, -0.1) is 0 Å². The first-order chi connectivity index (χ1) is 34.7. The van der Waals surface area contributed by atoms with E-state index >= 15 is 4.79 Å². The van der Waals surface area contributed by atoms with Crippen LogP contribution in [0.3, 0.4) is 0 Å². The molecule has 3 heterocycles. The topological polar surface area (TPSA) is 163 Å². The molecule has 0 bridgehead atoms. The average Bonchev–Trinajstić information content (AvgIpc) is 3.39. The van der Waals surface area contributed by atoms with Gasteiger partial charge in [-0.1, -0.05) is 83.9 Å². The van der Waals surface area contributed by atoms with Crippen LogP contribution < -0.4 is 20.7 Å². The fraction of sp³-hybridized carbons (Fsp3) is 0.393. The number of rotatable bonds is 12. The number of ether oxygens (including phenoxy) is 2. The number of hydrogen-bond acceptors (Lipinski definition) is 9. The molecule has 4 aromatic carbocycles. The zero-order valence-corrected chi connectivity index (χ0v) is 43.1. The van der Waals surface area contributed by atoms with Gasteiger partial charge in [-0.3, -0.25) is 29.0 Å². The first-order valence-corrected chi connectivity index (χ1v) is 25.3. The standard InChI is InChI=1S/C56H65Cl2N7O7/c1-36-31-61-52(66)30-48(26-39-11-16-46(57)17-12-39)64(4)56(70)50(35-71-5)62-54(68)37(2)65(53(67)28-43(55(69)63(36)3)25-38-9-7-6-8-10-38)34-42-13-18-47(58)29-51(42)72-49-19-14-40(15-20-49)44-27-45(33-60-32-44)41-21-23-59-24-22-41/h6-20,27,29,32-33,36-37,41,43,48,50,59H,21-26,28,30-31,34-35H2,1-5H3,(H,61,66)(H,62,68)/t36-,37-,43+,48-,50-/m0/s1. The van der Waals surface area contributed by atoms with Crippen LogP contribution in [0.25, 0.3) is 11.1 Å². The van der Waals surface area contributed by atoms with Crippen molar-refractivity contribution in [1.82, 2.24) is 35.6 Å². The molecule has 1 aromatic heterocycles. The third-order valence-corrected chi connectivity index (χ3v) is 14.4. The molecule has 2 saturated heterocycles. The molecule has 5 aromatic rings. The van der Waals surface area contributed by atoms with E-state index < -0.39 is 47.8 Å². The minimum Gasteiger partial charge on any atom is -0.457 e. The number of nitrogens with zero attached hydrogens (tertiary/aromatic N) is 4. The molecule has 5 amide bonds. The number of carbonyl (C=O) groups excluding carboxylic acids is 5. The van der Waals surface area contributed by atoms with E-state index in [9.17, 15) is 19.2 Å². The lowest BCUT2D eigenvalue weighted by molar-refractivity contribution is -0.147. The molecule has 72 heavy (non-hydrogen) atoms. The van der Waals surface area contributed by atoms with Crippen molar-refractivity contribution in [2.45, 2.75) is 89.0 Å². The minimum atomic E-state index is -1.19. The van der Waals surface area contributed by atoms with Crippen LogP contribution in [-0.4, -0.2) is 121 Å². The zero-order chi connectivity index (χ0) is 51.3. The van der Waals surface area contributed by atoms with E-state index in [0.29, 0.717) is 39.4 Å². The Balaban J connectivity index is 1.21. The summed E-state index contributed by atoms with van der Waals surface area (Å²) in [5, 5.41) is 10.2. The van der Waals surface area contributed by atoms with Crippen molar-refractivity contribution < 1.29 is 33.4 Å². The number of piperidine rings is 1. The van der Waals surface area contributed by atoms with Crippen LogP contribution in [0.4, 0.5) is 0 Å². The molecule has 2 aliphatic rings. The Hall–Kier alpha value is -6.32. The highest BCUT2D eigenvalue weighted by Crippen LogP contribution is 2.34. The second-order valence-corrected chi connectivity index (χ2v) is 19.8. The summed E-state index contributed by atoms with van der Waals surface area (Å²) in [6.07, 6.45) is 6.14. The van der Waals surface area contributed by atoms with E-state index in [1.807, 2.05) is 86.0 Å². The second kappa shape index (κ2) is 25.4. The van der Waals surface area contributed by atoms with Crippen molar-refractivity contribution >= 4 is 52.7 Å². The summed E-state index contributed by atoms with van der Waals surface area (Å²) in [4.78, 5) is 81.5. The average molecular weight is 1020 g/mol. The van der Waals surface area contributed by atoms with Crippen molar-refractivity contribution in [2.75, 3.05) is 47.4 Å². The lowest BCUT2D eigenvalue weighted by Crippen LogP contribution is -2.57. The van der Waals surface area contributed by atoms with Gasteiger partial charge < -0.3 is 40.1 Å². The third kappa shape index (κ3) is 14.2. The Labute approximate surface area is 432 Å². The molecule has 0 saturated carbocycles. The predicted octanol–water partition coefficient (Wildman–Crippen LogP) is 7.85. The summed E-state index contributed by atoms with van der Waals surface area (Å²) < 4.78 is 12.0. The van der Waals surface area contributed by atoms with Crippen molar-refractivity contribution in [1.29, 1.82) is 0 Å². The van der Waals surface area contributed by atoms with Crippen molar-refractivity contribution in [3.8, 4) is 22.6 Å². The molecule has 2 aliphatic heterocycles. The van der Waals surface area contributed by atoms with Gasteiger partial charge in [0.25, 0.3) is 0 Å². The molecular formula is C56H65Cl2N7O7. The number of hydrogen-bond donors (Lipinski definition) is 3. The molecule has 380 valence electrons. The van der Waals surface area contributed by atoms with Gasteiger partial charge >= 0.3 is 0 Å². The monoisotopic (exact) mass is 1020 g/mol. The van der Waals surface area contributed by atoms with Gasteiger partial charge in [0.05, 0.1) is 19.1 Å². The van der Waals surface area contributed by atoms with Gasteiger partial charge in [-0.25, -0.2) is 0 Å². The smallest absolute Gasteiger partial charge is 0.247 e. The van der Waals surface area contributed by atoms with E-state index in [0.717, 1.165) is 48.2 Å². The summed E-state index contributed by atoms with van der Waals surface area (Å²) >= 11 is 12.8. The number of amides is 5. The molecule has 14 nitrogen and oxygen atoms in total. The number of methoxy groups -OCH3 is 1. The summed E-state index contributed by atoms with van der Waals surface area (Å²) in [7, 11) is 4.67. The second-order valence-electron chi connectivity index (χ2n) is 19.0. The molecule has 0 aliphatic carbocycles. The molecule has 0 radical (unpaired) electrons. The zero-order valence-electron chi connectivity index (χ0n) is 41.6. The number of aromatic nitrogens is 1. The number of nitrogens with one attached hydrogen (secondary N) is 3. The summed E-state index contributed by atoms with van der Waals surface area (Å²) in [6.45, 7) is 5.19. The van der Waals surface area contributed by atoms with Crippen LogP contribution in [0.1, 0.15) is 67.7 Å². The number of pyridine rings is 1. The van der Waals surface area contributed by atoms with Crippen molar-refractivity contribution in [3.63, 3.8) is 0 Å². The fourth-order valence-corrected chi connectivity index (χ4v) is 9.61. The Morgan fingerprint density at radius 3 is 2.14 bits per heavy atom. The molecule has 16 heteroatoms. The summed E-state index contributed by atoms with van der Waals surface area (Å²) in [5.41, 5.74) is 5.42. The molecule has 2 fully saturated rings. The lowest BCUT2D eigenvalue weighted by Gasteiger charge is -2.35. The van der Waals surface area contributed by atoms with Crippen LogP contribution in [0, 0.1) is 5.92 Å². The number of carbonyl (C=O) groups is 5. The van der Waals surface area contributed by atoms with Crippen LogP contribution in [0.15, 0.2) is 116 Å². The third-order valence-electron chi connectivity index (χ3n) is 13.9. The molecule has 5 atom stereocenters. The van der Waals surface area contributed by atoms with E-state index in [2.05, 4.69) is 27.0 Å². The first kappa shape index (κ1) is 53.5. The molecular weight excluding hydrogens is 954 g/mol. The lowest BCUT2D eigenvalue weighted by atomic mass is 9.90. The Kier molecular flexibility index (Phi) is 18.8. The van der Waals surface area contributed by atoms with Gasteiger partial charge in [0.1, 0.15) is 23.6 Å². The maximum absolute atomic E-state index is 15.1. The number of likely N-dealkylation sites (N-methyl/N-ethyl adjacent to an activating group) is 2. The van der Waals surface area contributed by atoms with Gasteiger partial charge in [0.2, 0.25) is 29.5 Å². The maximum Gasteiger partial charge on any atom is 0.247 e. The first-order valence-electron chi connectivity index (χ1n) is 24.6. The maximum atomic E-state index is 15.1. The number of benzene rings is 4. The van der Waals surface area contributed by atoms with Gasteiger partial charge in [0.15, 0.2) is 0 Å². The van der Waals surface area contributed by atoms with Gasteiger partial charge in [-0.2, -0.15) is 0 Å². The summed E-state index contributed by atoms with van der Waals surface area (Å²) in [6, 6.07) is 28.1. The Bertz CT molecular complexity index is 2650. The highest BCUT2D eigenvalue weighted by Gasteiger charge is 2.36. The van der Waals surface area contributed by atoms with E-state index in [1.165, 1.54) is 22.5 Å². The Morgan fingerprint density at radius 1 is 0.736 bits per heavy atom. The Morgan fingerprint density at radius 2 is 1.43 bits per heavy atom. The minimum absolute atomic E-state index is 0.0716. The van der Waals surface area contributed by atoms with Crippen LogP contribution >= 0.6 is 23.2 Å². The van der Waals surface area contributed by atoms with Crippen molar-refractivity contribution in [3.05, 3.63) is 148 Å². The van der Waals surface area contributed by atoms with Crippen molar-refractivity contribution in [2.24, 2.45) is 5.92 Å². The largest absolute Gasteiger partial charge is 0.457 e. The molecule has 3 N–H and O–H groups in total. The van der Waals surface area contributed by atoms with Crippen LogP contribution in [0.2, 0.25) is 10.0 Å². The quantitative estimate of drug-likeness (QED) is 0.113. The molecule has 7 rings (SSSR count). The summed E-state index contributed by atoms with van der Waals surface area (Å²) in [5.74, 6) is -1.76. The highest BCUT2D eigenvalue weighted by molar-refractivity contribution is 6.31. The highest BCUT2D eigenvalue weighted by atomic mass is 35.5. The van der Waals surface area contributed by atoms with Crippen LogP contribution in [-0.2, 0) is 48.1 Å². The van der Waals surface area contributed by atoms with Crippen LogP contribution in [0.5, 0.6) is 11.5 Å². The predicted molar refractivity (Wildman–Crippen MR) is 280 cm³/mol. The molecule has 0 spiro atoms. The van der Waals surface area contributed by atoms with Gasteiger partial charge in [-0.05, 0) is 123 Å².